The Morgan fingerprint density at radius 3 is 2.24 bits per heavy atom. The van der Waals surface area contributed by atoms with Crippen LogP contribution in [0.4, 0.5) is 0 Å². The van der Waals surface area contributed by atoms with Crippen molar-refractivity contribution < 1.29 is 8.42 Å². The van der Waals surface area contributed by atoms with E-state index in [9.17, 15) is 8.42 Å². The van der Waals surface area contributed by atoms with Crippen LogP contribution >= 0.6 is 0 Å². The van der Waals surface area contributed by atoms with Gasteiger partial charge in [-0.3, -0.25) is 0 Å². The molecule has 108 valence electrons. The minimum Gasteiger partial charge on any atom is -0.222 e. The summed E-state index contributed by atoms with van der Waals surface area (Å²) in [5, 5.41) is 9.14. The molecule has 0 aliphatic carbocycles. The number of hydrazine groups is 1. The highest BCUT2D eigenvalue weighted by Gasteiger charge is 2.16. The van der Waals surface area contributed by atoms with E-state index in [4.69, 9.17) is 5.26 Å². The highest BCUT2D eigenvalue weighted by Crippen LogP contribution is 2.12. The van der Waals surface area contributed by atoms with Gasteiger partial charge in [0.25, 0.3) is 10.0 Å². The van der Waals surface area contributed by atoms with Crippen LogP contribution in [0.1, 0.15) is 17.2 Å². The van der Waals surface area contributed by atoms with Gasteiger partial charge in [-0.1, -0.05) is 48.0 Å². The molecule has 1 unspecified atom stereocenters. The Morgan fingerprint density at radius 2 is 1.67 bits per heavy atom. The summed E-state index contributed by atoms with van der Waals surface area (Å²) >= 11 is 0. The SMILES string of the molecule is Cc1ccc(S(=O)(=O)NNC(C#N)c2ccccc2)cc1. The summed E-state index contributed by atoms with van der Waals surface area (Å²) in [6, 6.07) is 16.6. The molecule has 1 atom stereocenters. The van der Waals surface area contributed by atoms with E-state index in [1.807, 2.05) is 19.1 Å². The fourth-order valence-electron chi connectivity index (χ4n) is 1.75. The molecule has 0 amide bonds. The van der Waals surface area contributed by atoms with E-state index in [1.54, 1.807) is 36.4 Å². The minimum absolute atomic E-state index is 0.144. The van der Waals surface area contributed by atoms with Crippen LogP contribution in [0.15, 0.2) is 59.5 Å². The Hall–Kier alpha value is -2.20. The molecule has 0 saturated carbocycles. The van der Waals surface area contributed by atoms with Gasteiger partial charge in [0, 0.05) is 0 Å². The van der Waals surface area contributed by atoms with Gasteiger partial charge in [0.15, 0.2) is 0 Å². The molecular weight excluding hydrogens is 286 g/mol. The van der Waals surface area contributed by atoms with Gasteiger partial charge in [0.2, 0.25) is 0 Å². The van der Waals surface area contributed by atoms with Gasteiger partial charge in [-0.15, -0.1) is 4.83 Å². The van der Waals surface area contributed by atoms with Crippen LogP contribution in [0.5, 0.6) is 0 Å². The van der Waals surface area contributed by atoms with Gasteiger partial charge in [-0.25, -0.2) is 13.8 Å². The van der Waals surface area contributed by atoms with Crippen molar-refractivity contribution >= 4 is 10.0 Å². The van der Waals surface area contributed by atoms with Crippen molar-refractivity contribution in [3.05, 3.63) is 65.7 Å². The quantitative estimate of drug-likeness (QED) is 0.828. The summed E-state index contributed by atoms with van der Waals surface area (Å²) in [4.78, 5) is 2.39. The molecule has 2 N–H and O–H groups in total. The van der Waals surface area contributed by atoms with Gasteiger partial charge >= 0.3 is 0 Å². The van der Waals surface area contributed by atoms with Gasteiger partial charge in [0.1, 0.15) is 6.04 Å². The number of sulfonamides is 1. The Labute approximate surface area is 124 Å². The second-order valence-corrected chi connectivity index (χ2v) is 6.22. The van der Waals surface area contributed by atoms with Crippen molar-refractivity contribution in [1.82, 2.24) is 10.3 Å². The molecule has 0 bridgehead atoms. The van der Waals surface area contributed by atoms with Crippen molar-refractivity contribution in [2.24, 2.45) is 0 Å². The van der Waals surface area contributed by atoms with Crippen molar-refractivity contribution in [2.45, 2.75) is 17.9 Å². The van der Waals surface area contributed by atoms with Crippen LogP contribution in [-0.4, -0.2) is 8.42 Å². The largest absolute Gasteiger partial charge is 0.253 e. The number of aryl methyl sites for hydroxylation is 1. The summed E-state index contributed by atoms with van der Waals surface area (Å²) in [5.74, 6) is 0. The zero-order valence-corrected chi connectivity index (χ0v) is 12.3. The molecule has 5 nitrogen and oxygen atoms in total. The van der Waals surface area contributed by atoms with Crippen molar-refractivity contribution in [1.29, 1.82) is 5.26 Å². The number of benzene rings is 2. The van der Waals surface area contributed by atoms with Gasteiger partial charge in [0.05, 0.1) is 11.0 Å². The lowest BCUT2D eigenvalue weighted by atomic mass is 10.1. The lowest BCUT2D eigenvalue weighted by Crippen LogP contribution is -2.39. The Kier molecular flexibility index (Phi) is 4.70. The van der Waals surface area contributed by atoms with E-state index in [1.165, 1.54) is 12.1 Å². The highest BCUT2D eigenvalue weighted by molar-refractivity contribution is 7.89. The lowest BCUT2D eigenvalue weighted by molar-refractivity contribution is 0.539. The van der Waals surface area contributed by atoms with Crippen LogP contribution in [0.3, 0.4) is 0 Å². The zero-order chi connectivity index (χ0) is 15.3. The van der Waals surface area contributed by atoms with Crippen LogP contribution in [0.2, 0.25) is 0 Å². The number of nitriles is 1. The average Bonchev–Trinajstić information content (AvgIpc) is 2.49. The molecule has 0 saturated heterocycles. The van der Waals surface area contributed by atoms with E-state index in [2.05, 4.69) is 10.3 Å². The van der Waals surface area contributed by atoms with Crippen LogP contribution in [0, 0.1) is 18.3 Å². The summed E-state index contributed by atoms with van der Waals surface area (Å²) in [5.41, 5.74) is 4.20. The summed E-state index contributed by atoms with van der Waals surface area (Å²) in [6.45, 7) is 1.88. The minimum atomic E-state index is -3.70. The lowest BCUT2D eigenvalue weighted by Gasteiger charge is -2.13. The van der Waals surface area contributed by atoms with Crippen LogP contribution < -0.4 is 10.3 Å². The smallest absolute Gasteiger partial charge is 0.222 e. The van der Waals surface area contributed by atoms with E-state index >= 15 is 0 Å². The van der Waals surface area contributed by atoms with Crippen molar-refractivity contribution in [2.75, 3.05) is 0 Å². The first-order valence-electron chi connectivity index (χ1n) is 6.31. The molecule has 21 heavy (non-hydrogen) atoms. The second kappa shape index (κ2) is 6.50. The number of hydrogen-bond donors (Lipinski definition) is 2. The first-order valence-corrected chi connectivity index (χ1v) is 7.80. The molecule has 0 heterocycles. The predicted molar refractivity (Wildman–Crippen MR) is 79.4 cm³/mol. The van der Waals surface area contributed by atoms with Crippen LogP contribution in [-0.2, 0) is 10.0 Å². The molecule has 6 heteroatoms. The number of nitrogens with zero attached hydrogens (tertiary/aromatic N) is 1. The average molecular weight is 301 g/mol. The topological polar surface area (TPSA) is 82.0 Å². The Bertz CT molecular complexity index is 735. The van der Waals surface area contributed by atoms with Crippen molar-refractivity contribution in [3.8, 4) is 6.07 Å². The molecular formula is C15H15N3O2S. The van der Waals surface area contributed by atoms with E-state index in [-0.39, 0.29) is 4.90 Å². The Morgan fingerprint density at radius 1 is 1.05 bits per heavy atom. The maximum atomic E-state index is 12.1. The molecule has 2 aromatic carbocycles. The fourth-order valence-corrected chi connectivity index (χ4v) is 2.63. The standard InChI is InChI=1S/C15H15N3O2S/c1-12-7-9-14(10-8-12)21(19,20)18-17-15(11-16)13-5-3-2-4-6-13/h2-10,15,17-18H,1H3. The monoisotopic (exact) mass is 301 g/mol. The third-order valence-electron chi connectivity index (χ3n) is 2.93. The number of rotatable bonds is 5. The molecule has 0 aliphatic heterocycles. The summed E-state index contributed by atoms with van der Waals surface area (Å²) < 4.78 is 24.2. The third-order valence-corrected chi connectivity index (χ3v) is 4.21. The molecule has 0 aromatic heterocycles. The highest BCUT2D eigenvalue weighted by atomic mass is 32.2. The first kappa shape index (κ1) is 15.2. The molecule has 0 fully saturated rings. The van der Waals surface area contributed by atoms with Crippen molar-refractivity contribution in [3.63, 3.8) is 0 Å². The van der Waals surface area contributed by atoms with Gasteiger partial charge < -0.3 is 0 Å². The zero-order valence-electron chi connectivity index (χ0n) is 11.4. The molecule has 0 spiro atoms. The number of nitrogens with one attached hydrogen (secondary N) is 2. The maximum Gasteiger partial charge on any atom is 0.253 e. The van der Waals surface area contributed by atoms with E-state index in [0.29, 0.717) is 5.56 Å². The Balaban J connectivity index is 2.11. The first-order chi connectivity index (χ1) is 10.0. The van der Waals surface area contributed by atoms with Gasteiger partial charge in [-0.2, -0.15) is 5.26 Å². The fraction of sp³-hybridized carbons (Fsp3) is 0.133. The third kappa shape index (κ3) is 3.89. The normalized spacial score (nSPS) is 12.6. The van der Waals surface area contributed by atoms with E-state index < -0.39 is 16.1 Å². The summed E-state index contributed by atoms with van der Waals surface area (Å²) in [6.07, 6.45) is 0. The molecule has 0 aliphatic rings. The van der Waals surface area contributed by atoms with Gasteiger partial charge in [-0.05, 0) is 24.6 Å². The molecule has 2 rings (SSSR count). The predicted octanol–water partition coefficient (Wildman–Crippen LogP) is 2.04. The molecule has 0 radical (unpaired) electrons. The van der Waals surface area contributed by atoms with E-state index in [0.717, 1.165) is 5.56 Å². The molecule has 2 aromatic rings. The summed E-state index contributed by atoms with van der Waals surface area (Å²) in [7, 11) is -3.70. The maximum absolute atomic E-state index is 12.1. The second-order valence-electron chi connectivity index (χ2n) is 4.54. The number of hydrogen-bond acceptors (Lipinski definition) is 4. The van der Waals surface area contributed by atoms with Crippen LogP contribution in [0.25, 0.3) is 0 Å².